The van der Waals surface area contributed by atoms with Gasteiger partial charge in [0, 0.05) is 37.1 Å². The van der Waals surface area contributed by atoms with E-state index in [1.165, 1.54) is 0 Å². The number of benzene rings is 2. The van der Waals surface area contributed by atoms with Crippen molar-refractivity contribution < 1.29 is 14.6 Å². The van der Waals surface area contributed by atoms with Crippen LogP contribution < -0.4 is 9.64 Å². The highest BCUT2D eigenvalue weighted by atomic mass is 16.5. The van der Waals surface area contributed by atoms with E-state index in [0.29, 0.717) is 31.7 Å². The minimum Gasteiger partial charge on any atom is -0.494 e. The number of anilines is 1. The van der Waals surface area contributed by atoms with Crippen molar-refractivity contribution >= 4 is 22.5 Å². The Kier molecular flexibility index (Phi) is 6.21. The third-order valence-electron chi connectivity index (χ3n) is 5.92. The molecule has 4 rings (SSSR count). The highest BCUT2D eigenvalue weighted by molar-refractivity contribution is 5.99. The lowest BCUT2D eigenvalue weighted by Crippen LogP contribution is -2.50. The predicted octanol–water partition coefficient (Wildman–Crippen LogP) is 3.59. The highest BCUT2D eigenvalue weighted by Crippen LogP contribution is 2.38. The van der Waals surface area contributed by atoms with Gasteiger partial charge in [-0.15, -0.1) is 0 Å². The van der Waals surface area contributed by atoms with Crippen LogP contribution in [0.2, 0.25) is 0 Å². The molecular formula is C26H28N4O3. The van der Waals surface area contributed by atoms with E-state index in [9.17, 15) is 9.90 Å². The molecule has 1 aromatic heterocycles. The van der Waals surface area contributed by atoms with Crippen LogP contribution in [0.15, 0.2) is 48.7 Å². The van der Waals surface area contributed by atoms with Gasteiger partial charge in [0.2, 0.25) is 5.91 Å². The zero-order valence-electron chi connectivity index (χ0n) is 19.2. The average Bonchev–Trinajstić information content (AvgIpc) is 2.82. The molecule has 1 fully saturated rings. The number of nitrogens with zero attached hydrogens (tertiary/aromatic N) is 4. The Balaban J connectivity index is 1.61. The van der Waals surface area contributed by atoms with Gasteiger partial charge >= 0.3 is 0 Å². The van der Waals surface area contributed by atoms with Gasteiger partial charge in [0.05, 0.1) is 48.2 Å². The van der Waals surface area contributed by atoms with Crippen LogP contribution in [0.5, 0.6) is 5.75 Å². The summed E-state index contributed by atoms with van der Waals surface area (Å²) < 4.78 is 5.84. The van der Waals surface area contributed by atoms with Crippen molar-refractivity contribution in [2.45, 2.75) is 25.9 Å². The number of aromatic nitrogens is 1. The Labute approximate surface area is 193 Å². The molecule has 2 heterocycles. The van der Waals surface area contributed by atoms with Crippen molar-refractivity contribution in [3.63, 3.8) is 0 Å². The number of piperazine rings is 1. The fraction of sp³-hybridized carbons (Fsp3) is 0.346. The summed E-state index contributed by atoms with van der Waals surface area (Å²) in [5.74, 6) is 0.726. The standard InChI is InChI=1S/C26H28N4O3/c1-26(2,32)15-23(31)30-13-11-29(12-14-30)22-17-28-24-20(5-4-6-21(24)25(22)33-3)19-9-7-18(16-27)8-10-19/h4-10,17,32H,11-15H2,1-3H3. The minimum atomic E-state index is -1.01. The summed E-state index contributed by atoms with van der Waals surface area (Å²) in [6, 6.07) is 15.6. The Bertz CT molecular complexity index is 1200. The smallest absolute Gasteiger partial charge is 0.225 e. The lowest BCUT2D eigenvalue weighted by atomic mass is 10.00. The van der Waals surface area contributed by atoms with E-state index in [1.807, 2.05) is 36.5 Å². The summed E-state index contributed by atoms with van der Waals surface area (Å²) in [5.41, 5.74) is 3.31. The SMILES string of the molecule is COc1c(N2CCN(C(=O)CC(C)(C)O)CC2)cnc2c(-c3ccc(C#N)cc3)cccc12. The number of pyridine rings is 1. The van der Waals surface area contributed by atoms with E-state index >= 15 is 0 Å². The number of nitriles is 1. The van der Waals surface area contributed by atoms with Gasteiger partial charge in [0.1, 0.15) is 0 Å². The van der Waals surface area contributed by atoms with Crippen LogP contribution in [0.3, 0.4) is 0 Å². The Morgan fingerprint density at radius 2 is 1.85 bits per heavy atom. The first-order valence-electron chi connectivity index (χ1n) is 11.0. The zero-order chi connectivity index (χ0) is 23.6. The summed E-state index contributed by atoms with van der Waals surface area (Å²) in [6.45, 7) is 5.80. The first-order valence-corrected chi connectivity index (χ1v) is 11.0. The van der Waals surface area contributed by atoms with Crippen LogP contribution >= 0.6 is 0 Å². The van der Waals surface area contributed by atoms with Crippen LogP contribution in [0, 0.1) is 11.3 Å². The van der Waals surface area contributed by atoms with Gasteiger partial charge < -0.3 is 19.6 Å². The summed E-state index contributed by atoms with van der Waals surface area (Å²) in [6.07, 6.45) is 1.95. The van der Waals surface area contributed by atoms with Gasteiger partial charge in [-0.1, -0.05) is 24.3 Å². The van der Waals surface area contributed by atoms with E-state index in [1.54, 1.807) is 38.0 Å². The van der Waals surface area contributed by atoms with Gasteiger partial charge in [-0.25, -0.2) is 0 Å². The largest absolute Gasteiger partial charge is 0.494 e. The Hall–Kier alpha value is -3.63. The first-order chi connectivity index (χ1) is 15.8. The van der Waals surface area contributed by atoms with Crippen LogP contribution in [0.25, 0.3) is 22.0 Å². The predicted molar refractivity (Wildman–Crippen MR) is 128 cm³/mol. The number of amides is 1. The monoisotopic (exact) mass is 444 g/mol. The quantitative estimate of drug-likeness (QED) is 0.647. The first kappa shape index (κ1) is 22.6. The number of rotatable bonds is 5. The maximum atomic E-state index is 12.5. The summed E-state index contributed by atoms with van der Waals surface area (Å²) in [4.78, 5) is 21.2. The number of fused-ring (bicyclic) bond motifs is 1. The third kappa shape index (κ3) is 4.76. The molecule has 170 valence electrons. The summed E-state index contributed by atoms with van der Waals surface area (Å²) in [5, 5.41) is 19.9. The fourth-order valence-corrected chi connectivity index (χ4v) is 4.26. The molecule has 1 N–H and O–H groups in total. The van der Waals surface area contributed by atoms with Crippen molar-refractivity contribution in [2.75, 3.05) is 38.2 Å². The molecule has 0 bridgehead atoms. The zero-order valence-corrected chi connectivity index (χ0v) is 19.2. The van der Waals surface area contributed by atoms with Gasteiger partial charge in [0.25, 0.3) is 0 Å². The van der Waals surface area contributed by atoms with E-state index in [0.717, 1.165) is 33.5 Å². The maximum absolute atomic E-state index is 12.5. The molecule has 2 aromatic carbocycles. The number of carbonyl (C=O) groups excluding carboxylic acids is 1. The molecule has 0 atom stereocenters. The second-order valence-electron chi connectivity index (χ2n) is 8.92. The number of para-hydroxylation sites is 1. The van der Waals surface area contributed by atoms with Crippen LogP contribution in [-0.2, 0) is 4.79 Å². The minimum absolute atomic E-state index is 0.0298. The molecule has 0 saturated carbocycles. The number of ether oxygens (including phenoxy) is 1. The normalized spacial score (nSPS) is 14.3. The molecule has 0 unspecified atom stereocenters. The van der Waals surface area contributed by atoms with E-state index in [-0.39, 0.29) is 12.3 Å². The van der Waals surface area contributed by atoms with Crippen LogP contribution in [0.4, 0.5) is 5.69 Å². The molecule has 33 heavy (non-hydrogen) atoms. The molecule has 0 aliphatic carbocycles. The molecule has 3 aromatic rings. The number of hydrogen-bond donors (Lipinski definition) is 1. The Morgan fingerprint density at radius 1 is 1.15 bits per heavy atom. The van der Waals surface area contributed by atoms with Gasteiger partial charge in [-0.05, 0) is 37.6 Å². The lowest BCUT2D eigenvalue weighted by molar-refractivity contribution is -0.135. The summed E-state index contributed by atoms with van der Waals surface area (Å²) >= 11 is 0. The Morgan fingerprint density at radius 3 is 2.45 bits per heavy atom. The van der Waals surface area contributed by atoms with E-state index in [4.69, 9.17) is 15.0 Å². The number of hydrogen-bond acceptors (Lipinski definition) is 6. The molecule has 7 heteroatoms. The fourth-order valence-electron chi connectivity index (χ4n) is 4.26. The molecule has 0 radical (unpaired) electrons. The lowest BCUT2D eigenvalue weighted by Gasteiger charge is -2.37. The highest BCUT2D eigenvalue weighted by Gasteiger charge is 2.27. The van der Waals surface area contributed by atoms with E-state index in [2.05, 4.69) is 11.0 Å². The molecule has 1 saturated heterocycles. The summed E-state index contributed by atoms with van der Waals surface area (Å²) in [7, 11) is 1.66. The molecule has 0 spiro atoms. The van der Waals surface area contributed by atoms with E-state index < -0.39 is 5.60 Å². The van der Waals surface area contributed by atoms with Gasteiger partial charge in [-0.2, -0.15) is 5.26 Å². The second kappa shape index (κ2) is 9.08. The number of carbonyl (C=O) groups is 1. The van der Waals surface area contributed by atoms with Crippen molar-refractivity contribution in [3.8, 4) is 22.9 Å². The molecule has 1 amide bonds. The van der Waals surface area contributed by atoms with Crippen LogP contribution in [0.1, 0.15) is 25.8 Å². The van der Waals surface area contributed by atoms with Gasteiger partial charge in [-0.3, -0.25) is 9.78 Å². The van der Waals surface area contributed by atoms with Crippen LogP contribution in [-0.4, -0.2) is 59.8 Å². The van der Waals surface area contributed by atoms with Gasteiger partial charge in [0.15, 0.2) is 5.75 Å². The number of aliphatic hydroxyl groups is 1. The molecule has 1 aliphatic heterocycles. The topological polar surface area (TPSA) is 89.7 Å². The average molecular weight is 445 g/mol. The molecule has 1 aliphatic rings. The van der Waals surface area contributed by atoms with Crippen molar-refractivity contribution in [1.82, 2.24) is 9.88 Å². The third-order valence-corrected chi connectivity index (χ3v) is 5.92. The van der Waals surface area contributed by atoms with Crippen molar-refractivity contribution in [1.29, 1.82) is 5.26 Å². The van der Waals surface area contributed by atoms with Crippen molar-refractivity contribution in [3.05, 3.63) is 54.2 Å². The molecular weight excluding hydrogens is 416 g/mol. The van der Waals surface area contributed by atoms with Crippen molar-refractivity contribution in [2.24, 2.45) is 0 Å². The number of methoxy groups -OCH3 is 1. The second-order valence-corrected chi connectivity index (χ2v) is 8.92. The molecule has 7 nitrogen and oxygen atoms in total. The maximum Gasteiger partial charge on any atom is 0.225 e.